The molecule has 0 atom stereocenters. The van der Waals surface area contributed by atoms with Crippen molar-refractivity contribution in [1.29, 1.82) is 0 Å². The molecule has 0 aliphatic carbocycles. The minimum atomic E-state index is -3.38. The number of anilines is 2. The van der Waals surface area contributed by atoms with Crippen LogP contribution in [-0.4, -0.2) is 48.9 Å². The topological polar surface area (TPSA) is 118 Å². The summed E-state index contributed by atoms with van der Waals surface area (Å²) in [6.07, 6.45) is 7.28. The van der Waals surface area contributed by atoms with E-state index in [1.54, 1.807) is 41.6 Å². The summed E-state index contributed by atoms with van der Waals surface area (Å²) in [5, 5.41) is 4.05. The lowest BCUT2D eigenvalue weighted by Gasteiger charge is -2.24. The first-order chi connectivity index (χ1) is 18.4. The molecule has 2 heterocycles. The van der Waals surface area contributed by atoms with Crippen molar-refractivity contribution >= 4 is 27.3 Å². The van der Waals surface area contributed by atoms with Gasteiger partial charge in [0.1, 0.15) is 0 Å². The molecule has 0 saturated carbocycles. The number of unbranched alkanes of at least 4 members (excludes halogenated alkanes) is 2. The van der Waals surface area contributed by atoms with Crippen LogP contribution in [0.1, 0.15) is 58.2 Å². The van der Waals surface area contributed by atoms with Gasteiger partial charge in [-0.05, 0) is 36.6 Å². The van der Waals surface area contributed by atoms with Crippen LogP contribution < -0.4 is 9.62 Å². The molecule has 9 nitrogen and oxygen atoms in total. The van der Waals surface area contributed by atoms with Crippen LogP contribution in [-0.2, 0) is 26.7 Å². The number of pyridine rings is 1. The molecule has 2 aromatic heterocycles. The van der Waals surface area contributed by atoms with E-state index in [9.17, 15) is 17.6 Å². The van der Waals surface area contributed by atoms with Crippen LogP contribution >= 0.6 is 0 Å². The van der Waals surface area contributed by atoms with Gasteiger partial charge in [-0.3, -0.25) is 18.9 Å². The van der Waals surface area contributed by atoms with Crippen molar-refractivity contribution < 1.29 is 22.1 Å². The third-order valence-electron chi connectivity index (χ3n) is 5.91. The highest BCUT2D eigenvalue weighted by Crippen LogP contribution is 2.27. The molecule has 1 aromatic carbocycles. The third-order valence-corrected chi connectivity index (χ3v) is 6.52. The number of nitrogens with zero attached hydrogens (tertiary/aromatic N) is 4. The molecule has 11 heteroatoms. The maximum absolute atomic E-state index is 13.2. The number of nitrogens with one attached hydrogen (secondary N) is 1. The maximum atomic E-state index is 13.2. The molecular formula is C28H36FN5O4S. The highest BCUT2D eigenvalue weighted by atomic mass is 32.2. The molecular weight excluding hydrogens is 521 g/mol. The first-order valence-corrected chi connectivity index (χ1v) is 14.7. The van der Waals surface area contributed by atoms with Gasteiger partial charge >= 0.3 is 0 Å². The van der Waals surface area contributed by atoms with E-state index < -0.39 is 16.7 Å². The lowest BCUT2D eigenvalue weighted by Crippen LogP contribution is -2.33. The molecule has 1 amide bonds. The van der Waals surface area contributed by atoms with Gasteiger partial charge in [0.15, 0.2) is 5.82 Å². The molecule has 0 fully saturated rings. The van der Waals surface area contributed by atoms with Crippen molar-refractivity contribution in [3.05, 3.63) is 66.6 Å². The van der Waals surface area contributed by atoms with Gasteiger partial charge in [0.2, 0.25) is 15.9 Å². The smallest absolute Gasteiger partial charge is 0.253 e. The molecule has 3 rings (SSSR count). The van der Waals surface area contributed by atoms with E-state index in [1.165, 1.54) is 0 Å². The van der Waals surface area contributed by atoms with Crippen molar-refractivity contribution in [3.8, 4) is 11.1 Å². The second-order valence-electron chi connectivity index (χ2n) is 10.5. The largest absolute Gasteiger partial charge is 0.339 e. The summed E-state index contributed by atoms with van der Waals surface area (Å²) in [6.45, 7) is 9.61. The summed E-state index contributed by atoms with van der Waals surface area (Å²) in [5.41, 5.74) is 2.58. The Morgan fingerprint density at radius 2 is 1.82 bits per heavy atom. The van der Waals surface area contributed by atoms with Gasteiger partial charge in [-0.1, -0.05) is 51.1 Å². The number of carbonyl (C=O) groups is 1. The number of rotatable bonds is 13. The molecule has 39 heavy (non-hydrogen) atoms. The van der Waals surface area contributed by atoms with E-state index in [2.05, 4.69) is 26.4 Å². The van der Waals surface area contributed by atoms with Crippen LogP contribution in [0.15, 0.2) is 59.4 Å². The van der Waals surface area contributed by atoms with Crippen molar-refractivity contribution in [2.75, 3.05) is 29.1 Å². The minimum absolute atomic E-state index is 0.0372. The van der Waals surface area contributed by atoms with Gasteiger partial charge in [-0.15, -0.1) is 0 Å². The fourth-order valence-corrected chi connectivity index (χ4v) is 4.39. The summed E-state index contributed by atoms with van der Waals surface area (Å²) >= 11 is 0. The van der Waals surface area contributed by atoms with Crippen LogP contribution in [0.3, 0.4) is 0 Å². The number of aromatic nitrogens is 3. The van der Waals surface area contributed by atoms with Crippen LogP contribution in [0.2, 0.25) is 0 Å². The van der Waals surface area contributed by atoms with E-state index in [0.29, 0.717) is 42.5 Å². The van der Waals surface area contributed by atoms with Crippen molar-refractivity contribution in [2.45, 2.75) is 58.3 Å². The quantitative estimate of drug-likeness (QED) is 0.219. The zero-order valence-electron chi connectivity index (χ0n) is 22.9. The Hall–Kier alpha value is -3.60. The number of hydrogen-bond acceptors (Lipinski definition) is 7. The number of amides is 1. The molecule has 0 spiro atoms. The number of halogens is 1. The highest BCUT2D eigenvalue weighted by Gasteiger charge is 2.21. The number of sulfonamides is 1. The normalized spacial score (nSPS) is 11.8. The van der Waals surface area contributed by atoms with E-state index in [4.69, 9.17) is 4.52 Å². The Morgan fingerprint density at radius 1 is 1.10 bits per heavy atom. The summed E-state index contributed by atoms with van der Waals surface area (Å²) < 4.78 is 43.7. The van der Waals surface area contributed by atoms with Crippen molar-refractivity contribution in [1.82, 2.24) is 15.1 Å². The predicted molar refractivity (Wildman–Crippen MR) is 151 cm³/mol. The van der Waals surface area contributed by atoms with Gasteiger partial charge < -0.3 is 9.42 Å². The standard InChI is InChI=1S/C28H36FN5O4S/c1-20(14-15-29)26(35)34(16-8-6-7-9-25-31-27(32-38-25)28(2,3)4)24-17-22(18-30-19-24)21-10-12-23(13-11-21)33-39(5,36)37/h10-13,17-19,33H,1,6-9,14-16H2,2-5H3. The Bertz CT molecular complexity index is 1380. The molecule has 0 radical (unpaired) electrons. The van der Waals surface area contributed by atoms with Crippen LogP contribution in [0.4, 0.5) is 15.8 Å². The van der Waals surface area contributed by atoms with Gasteiger partial charge in [0.05, 0.1) is 24.8 Å². The molecule has 0 bridgehead atoms. The molecule has 1 N–H and O–H groups in total. The van der Waals surface area contributed by atoms with E-state index >= 15 is 0 Å². The average Bonchev–Trinajstić information content (AvgIpc) is 3.35. The molecule has 0 aliphatic heterocycles. The summed E-state index contributed by atoms with van der Waals surface area (Å²) in [6, 6.07) is 8.68. The Kier molecular flexibility index (Phi) is 9.96. The molecule has 0 unspecified atom stereocenters. The molecule has 3 aromatic rings. The second kappa shape index (κ2) is 13.0. The van der Waals surface area contributed by atoms with E-state index in [-0.39, 0.29) is 23.3 Å². The van der Waals surface area contributed by atoms with Gasteiger partial charge in [-0.2, -0.15) is 4.98 Å². The monoisotopic (exact) mass is 557 g/mol. The number of aryl methyl sites for hydroxylation is 1. The second-order valence-corrected chi connectivity index (χ2v) is 12.2. The SMILES string of the molecule is C=C(CCF)C(=O)N(CCCCCc1nc(C(C)(C)C)no1)c1cncc(-c2ccc(NS(C)(=O)=O)cc2)c1. The number of carbonyl (C=O) groups excluding carboxylic acids is 1. The lowest BCUT2D eigenvalue weighted by atomic mass is 9.96. The average molecular weight is 558 g/mol. The zero-order valence-corrected chi connectivity index (χ0v) is 23.7. The maximum Gasteiger partial charge on any atom is 0.253 e. The third kappa shape index (κ3) is 8.98. The Morgan fingerprint density at radius 3 is 2.44 bits per heavy atom. The van der Waals surface area contributed by atoms with Gasteiger partial charge in [0, 0.05) is 47.8 Å². The molecule has 0 aliphatic rings. The fraction of sp³-hybridized carbons (Fsp3) is 0.429. The zero-order chi connectivity index (χ0) is 28.6. The number of benzene rings is 1. The number of alkyl halides is 1. The van der Waals surface area contributed by atoms with Gasteiger partial charge in [-0.25, -0.2) is 8.42 Å². The lowest BCUT2D eigenvalue weighted by molar-refractivity contribution is -0.115. The van der Waals surface area contributed by atoms with E-state index in [0.717, 1.165) is 30.2 Å². The van der Waals surface area contributed by atoms with Crippen LogP contribution in [0.25, 0.3) is 11.1 Å². The highest BCUT2D eigenvalue weighted by molar-refractivity contribution is 7.92. The summed E-state index contributed by atoms with van der Waals surface area (Å²) in [5.74, 6) is 0.930. The molecule has 210 valence electrons. The first kappa shape index (κ1) is 29.9. The Balaban J connectivity index is 1.70. The van der Waals surface area contributed by atoms with Crippen LogP contribution in [0, 0.1) is 0 Å². The predicted octanol–water partition coefficient (Wildman–Crippen LogP) is 5.46. The van der Waals surface area contributed by atoms with Crippen molar-refractivity contribution in [2.24, 2.45) is 0 Å². The fourth-order valence-electron chi connectivity index (χ4n) is 3.82. The van der Waals surface area contributed by atoms with Gasteiger partial charge in [0.25, 0.3) is 5.91 Å². The number of hydrogen-bond donors (Lipinski definition) is 1. The van der Waals surface area contributed by atoms with Crippen molar-refractivity contribution in [3.63, 3.8) is 0 Å². The Labute approximate surface area is 229 Å². The van der Waals surface area contributed by atoms with E-state index in [1.807, 2.05) is 26.8 Å². The first-order valence-electron chi connectivity index (χ1n) is 12.8. The minimum Gasteiger partial charge on any atom is -0.339 e. The summed E-state index contributed by atoms with van der Waals surface area (Å²) in [4.78, 5) is 23.5. The van der Waals surface area contributed by atoms with Crippen LogP contribution in [0.5, 0.6) is 0 Å². The molecule has 0 saturated heterocycles. The summed E-state index contributed by atoms with van der Waals surface area (Å²) in [7, 11) is -3.38.